The van der Waals surface area contributed by atoms with Crippen molar-refractivity contribution in [1.29, 1.82) is 0 Å². The fourth-order valence-corrected chi connectivity index (χ4v) is 4.35. The van der Waals surface area contributed by atoms with Crippen molar-refractivity contribution in [3.63, 3.8) is 0 Å². The second-order valence-electron chi connectivity index (χ2n) is 7.45. The SMILES string of the molecule is COc1cc(N2CCN(C(=O)Cn3nc(-c4ccncc4Cl)c(Cl)c3C)CC2)ccc1Cl. The maximum atomic E-state index is 13.0. The third-order valence-electron chi connectivity index (χ3n) is 5.58. The van der Waals surface area contributed by atoms with Crippen LogP contribution in [0, 0.1) is 6.92 Å². The van der Waals surface area contributed by atoms with Gasteiger partial charge in [-0.3, -0.25) is 14.5 Å². The van der Waals surface area contributed by atoms with E-state index < -0.39 is 0 Å². The van der Waals surface area contributed by atoms with Crippen LogP contribution in [-0.2, 0) is 11.3 Å². The molecule has 4 rings (SSSR count). The molecule has 0 bridgehead atoms. The van der Waals surface area contributed by atoms with Gasteiger partial charge in [-0.05, 0) is 25.1 Å². The van der Waals surface area contributed by atoms with E-state index in [0.717, 1.165) is 11.4 Å². The van der Waals surface area contributed by atoms with E-state index in [9.17, 15) is 4.79 Å². The highest BCUT2D eigenvalue weighted by molar-refractivity contribution is 6.36. The van der Waals surface area contributed by atoms with Crippen LogP contribution in [0.5, 0.6) is 5.75 Å². The van der Waals surface area contributed by atoms with Crippen molar-refractivity contribution in [3.05, 3.63) is 57.4 Å². The van der Waals surface area contributed by atoms with Gasteiger partial charge in [0.05, 0.1) is 27.9 Å². The zero-order valence-electron chi connectivity index (χ0n) is 17.7. The standard InChI is InChI=1S/C22H22Cl3N5O2/c1-14-21(25)22(16-5-6-26-12-18(16)24)27-30(14)13-20(31)29-9-7-28(8-10-29)15-3-4-17(23)19(11-15)32-2/h3-6,11-12H,7-10,13H2,1-2H3. The number of carbonyl (C=O) groups excluding carboxylic acids is 1. The smallest absolute Gasteiger partial charge is 0.244 e. The van der Waals surface area contributed by atoms with Gasteiger partial charge in [-0.15, -0.1) is 0 Å². The van der Waals surface area contributed by atoms with Crippen LogP contribution in [-0.4, -0.2) is 58.9 Å². The molecule has 0 aliphatic carbocycles. The number of hydrogen-bond donors (Lipinski definition) is 0. The van der Waals surface area contributed by atoms with Crippen LogP contribution in [0.15, 0.2) is 36.7 Å². The van der Waals surface area contributed by atoms with Gasteiger partial charge in [0.1, 0.15) is 18.0 Å². The first-order chi connectivity index (χ1) is 15.4. The molecule has 32 heavy (non-hydrogen) atoms. The second kappa shape index (κ2) is 9.57. The summed E-state index contributed by atoms with van der Waals surface area (Å²) >= 11 is 18.9. The summed E-state index contributed by atoms with van der Waals surface area (Å²) in [7, 11) is 1.60. The highest BCUT2D eigenvalue weighted by Gasteiger charge is 2.24. The van der Waals surface area contributed by atoms with E-state index in [1.54, 1.807) is 30.3 Å². The molecule has 0 unspecified atom stereocenters. The van der Waals surface area contributed by atoms with Gasteiger partial charge in [0.25, 0.3) is 0 Å². The van der Waals surface area contributed by atoms with Crippen LogP contribution in [0.1, 0.15) is 5.69 Å². The lowest BCUT2D eigenvalue weighted by atomic mass is 10.2. The monoisotopic (exact) mass is 493 g/mol. The maximum absolute atomic E-state index is 13.0. The summed E-state index contributed by atoms with van der Waals surface area (Å²) in [6.45, 7) is 4.61. The first-order valence-electron chi connectivity index (χ1n) is 10.1. The number of rotatable bonds is 5. The number of carbonyl (C=O) groups is 1. The van der Waals surface area contributed by atoms with Crippen molar-refractivity contribution in [2.45, 2.75) is 13.5 Å². The number of piperazine rings is 1. The summed E-state index contributed by atoms with van der Waals surface area (Å²) in [5.41, 5.74) is 2.97. The Balaban J connectivity index is 1.43. The Bertz CT molecular complexity index is 1140. The minimum absolute atomic E-state index is 0.00650. The number of ether oxygens (including phenoxy) is 1. The van der Waals surface area contributed by atoms with E-state index in [0.29, 0.717) is 58.3 Å². The number of methoxy groups -OCH3 is 1. The molecule has 1 aliphatic rings. The third kappa shape index (κ3) is 4.51. The summed E-state index contributed by atoms with van der Waals surface area (Å²) in [5.74, 6) is 0.631. The minimum atomic E-state index is -0.00650. The molecule has 1 amide bonds. The summed E-state index contributed by atoms with van der Waals surface area (Å²) in [5, 5.41) is 6.07. The molecule has 0 radical (unpaired) electrons. The van der Waals surface area contributed by atoms with Gasteiger partial charge in [-0.1, -0.05) is 34.8 Å². The van der Waals surface area contributed by atoms with E-state index in [4.69, 9.17) is 39.5 Å². The number of anilines is 1. The second-order valence-corrected chi connectivity index (χ2v) is 8.64. The van der Waals surface area contributed by atoms with Crippen LogP contribution in [0.25, 0.3) is 11.3 Å². The van der Waals surface area contributed by atoms with Crippen LogP contribution in [0.3, 0.4) is 0 Å². The first kappa shape index (κ1) is 22.7. The molecule has 168 valence electrons. The number of halogens is 3. The molecule has 1 aromatic carbocycles. The van der Waals surface area contributed by atoms with E-state index in [-0.39, 0.29) is 12.5 Å². The number of aromatic nitrogens is 3. The van der Waals surface area contributed by atoms with Crippen LogP contribution in [0.4, 0.5) is 5.69 Å². The molecule has 3 aromatic rings. The number of benzene rings is 1. The van der Waals surface area contributed by atoms with E-state index >= 15 is 0 Å². The predicted octanol–water partition coefficient (Wildman–Crippen LogP) is 4.57. The lowest BCUT2D eigenvalue weighted by Crippen LogP contribution is -2.49. The molecule has 1 fully saturated rings. The van der Waals surface area contributed by atoms with Crippen molar-refractivity contribution in [2.75, 3.05) is 38.2 Å². The normalized spacial score (nSPS) is 14.0. The van der Waals surface area contributed by atoms with Gasteiger partial charge in [-0.25, -0.2) is 0 Å². The lowest BCUT2D eigenvalue weighted by molar-refractivity contribution is -0.132. The molecular formula is C22H22Cl3N5O2. The number of amides is 1. The summed E-state index contributed by atoms with van der Waals surface area (Å²) in [6.07, 6.45) is 3.18. The molecule has 7 nitrogen and oxygen atoms in total. The fraction of sp³-hybridized carbons (Fsp3) is 0.318. The molecule has 0 N–H and O–H groups in total. The minimum Gasteiger partial charge on any atom is -0.495 e. The molecule has 0 spiro atoms. The molecule has 1 saturated heterocycles. The van der Waals surface area contributed by atoms with Gasteiger partial charge >= 0.3 is 0 Å². The molecule has 1 aliphatic heterocycles. The highest BCUT2D eigenvalue weighted by atomic mass is 35.5. The summed E-state index contributed by atoms with van der Waals surface area (Å²) < 4.78 is 6.94. The predicted molar refractivity (Wildman–Crippen MR) is 127 cm³/mol. The Morgan fingerprint density at radius 2 is 1.84 bits per heavy atom. The van der Waals surface area contributed by atoms with Crippen LogP contribution < -0.4 is 9.64 Å². The quantitative estimate of drug-likeness (QED) is 0.520. The van der Waals surface area contributed by atoms with Crippen molar-refractivity contribution in [3.8, 4) is 17.0 Å². The van der Waals surface area contributed by atoms with Crippen molar-refractivity contribution < 1.29 is 9.53 Å². The highest BCUT2D eigenvalue weighted by Crippen LogP contribution is 2.34. The van der Waals surface area contributed by atoms with Crippen molar-refractivity contribution in [1.82, 2.24) is 19.7 Å². The van der Waals surface area contributed by atoms with E-state index in [1.807, 2.05) is 30.0 Å². The first-order valence-corrected chi connectivity index (χ1v) is 11.2. The van der Waals surface area contributed by atoms with E-state index in [1.165, 1.54) is 0 Å². The molecule has 0 saturated carbocycles. The van der Waals surface area contributed by atoms with Crippen molar-refractivity contribution in [2.24, 2.45) is 0 Å². The Hall–Kier alpha value is -2.48. The molecule has 3 heterocycles. The fourth-order valence-electron chi connectivity index (χ4n) is 3.70. The van der Waals surface area contributed by atoms with Gasteiger partial charge in [0.15, 0.2) is 0 Å². The molecular weight excluding hydrogens is 473 g/mol. The Labute approximate surface area is 201 Å². The Morgan fingerprint density at radius 1 is 1.09 bits per heavy atom. The molecule has 2 aromatic heterocycles. The van der Waals surface area contributed by atoms with Crippen LogP contribution in [0.2, 0.25) is 15.1 Å². The van der Waals surface area contributed by atoms with E-state index in [2.05, 4.69) is 15.0 Å². The zero-order valence-corrected chi connectivity index (χ0v) is 20.0. The average Bonchev–Trinajstić information content (AvgIpc) is 3.08. The Morgan fingerprint density at radius 3 is 2.53 bits per heavy atom. The average molecular weight is 495 g/mol. The maximum Gasteiger partial charge on any atom is 0.244 e. The van der Waals surface area contributed by atoms with Crippen molar-refractivity contribution >= 4 is 46.4 Å². The lowest BCUT2D eigenvalue weighted by Gasteiger charge is -2.36. The largest absolute Gasteiger partial charge is 0.495 e. The van der Waals surface area contributed by atoms with Crippen LogP contribution >= 0.6 is 34.8 Å². The number of pyridine rings is 1. The van der Waals surface area contributed by atoms with Gasteiger partial charge in [0.2, 0.25) is 5.91 Å². The van der Waals surface area contributed by atoms with Gasteiger partial charge < -0.3 is 14.5 Å². The number of nitrogens with zero attached hydrogens (tertiary/aromatic N) is 5. The summed E-state index contributed by atoms with van der Waals surface area (Å²) in [4.78, 5) is 21.0. The third-order valence-corrected chi connectivity index (χ3v) is 6.64. The molecule has 10 heteroatoms. The van der Waals surface area contributed by atoms with Gasteiger partial charge in [0, 0.05) is 55.9 Å². The number of hydrogen-bond acceptors (Lipinski definition) is 5. The molecule has 0 atom stereocenters. The Kier molecular flexibility index (Phi) is 6.79. The summed E-state index contributed by atoms with van der Waals surface area (Å²) in [6, 6.07) is 7.46. The zero-order chi connectivity index (χ0) is 22.8. The topological polar surface area (TPSA) is 63.5 Å². The van der Waals surface area contributed by atoms with Gasteiger partial charge in [-0.2, -0.15) is 5.10 Å².